The number of hydrogen-bond donors (Lipinski definition) is 3. The monoisotopic (exact) mass is 374 g/mol. The zero-order chi connectivity index (χ0) is 20.0. The summed E-state index contributed by atoms with van der Waals surface area (Å²) in [6, 6.07) is 3.75. The number of halogens is 3. The second-order valence-electron chi connectivity index (χ2n) is 6.60. The lowest BCUT2D eigenvalue weighted by Gasteiger charge is -2.21. The second-order valence-corrected chi connectivity index (χ2v) is 6.60. The average Bonchev–Trinajstić information content (AvgIpc) is 2.52. The van der Waals surface area contributed by atoms with Crippen molar-refractivity contribution in [2.24, 2.45) is 4.99 Å². The van der Waals surface area contributed by atoms with Crippen LogP contribution in [-0.4, -0.2) is 38.1 Å². The summed E-state index contributed by atoms with van der Waals surface area (Å²) in [4.78, 5) is 15.7. The van der Waals surface area contributed by atoms with Crippen molar-refractivity contribution in [2.45, 2.75) is 39.0 Å². The van der Waals surface area contributed by atoms with Crippen molar-refractivity contribution in [3.63, 3.8) is 0 Å². The van der Waals surface area contributed by atoms with Crippen molar-refractivity contribution in [2.75, 3.05) is 20.7 Å². The first-order valence-electron chi connectivity index (χ1n) is 7.96. The molecular formula is C17H25F3N4O2. The Hall–Kier alpha value is -2.45. The molecule has 1 rings (SSSR count). The molecule has 146 valence electrons. The molecule has 0 radical (unpaired) electrons. The molecule has 1 amide bonds. The van der Waals surface area contributed by atoms with E-state index >= 15 is 0 Å². The largest absolute Gasteiger partial charge is 0.497 e. The third-order valence-corrected chi connectivity index (χ3v) is 3.22. The fraction of sp³-hybridized carbons (Fsp3) is 0.529. The van der Waals surface area contributed by atoms with Gasteiger partial charge in [-0.25, -0.2) is 0 Å². The number of rotatable bonds is 5. The molecule has 26 heavy (non-hydrogen) atoms. The van der Waals surface area contributed by atoms with E-state index in [2.05, 4.69) is 20.9 Å². The van der Waals surface area contributed by atoms with Crippen molar-refractivity contribution in [1.82, 2.24) is 16.0 Å². The van der Waals surface area contributed by atoms with Crippen LogP contribution in [0.25, 0.3) is 0 Å². The van der Waals surface area contributed by atoms with Crippen LogP contribution >= 0.6 is 0 Å². The Morgan fingerprint density at radius 3 is 2.35 bits per heavy atom. The van der Waals surface area contributed by atoms with Crippen LogP contribution in [0.15, 0.2) is 23.2 Å². The number of methoxy groups -OCH3 is 1. The predicted octanol–water partition coefficient (Wildman–Crippen LogP) is 2.29. The Morgan fingerprint density at radius 2 is 1.85 bits per heavy atom. The number of carbonyl (C=O) groups excluding carboxylic acids is 1. The molecule has 0 fully saturated rings. The molecule has 1 aromatic rings. The lowest BCUT2D eigenvalue weighted by molar-refractivity contribution is -0.138. The summed E-state index contributed by atoms with van der Waals surface area (Å²) in [5.74, 6) is 0.0984. The van der Waals surface area contributed by atoms with E-state index in [4.69, 9.17) is 4.74 Å². The van der Waals surface area contributed by atoms with E-state index in [1.807, 2.05) is 20.8 Å². The number of guanidine groups is 1. The fourth-order valence-electron chi connectivity index (χ4n) is 2.13. The maximum atomic E-state index is 13.2. The van der Waals surface area contributed by atoms with Gasteiger partial charge in [0, 0.05) is 19.1 Å². The Bertz CT molecular complexity index is 652. The van der Waals surface area contributed by atoms with Crippen LogP contribution in [0.2, 0.25) is 0 Å². The minimum absolute atomic E-state index is 0.0420. The summed E-state index contributed by atoms with van der Waals surface area (Å²) in [6.07, 6.45) is -4.50. The minimum Gasteiger partial charge on any atom is -0.497 e. The number of nitrogens with zero attached hydrogens (tertiary/aromatic N) is 1. The molecule has 0 unspecified atom stereocenters. The molecule has 9 heteroatoms. The first kappa shape index (κ1) is 21.6. The summed E-state index contributed by atoms with van der Waals surface area (Å²) in [6.45, 7) is 5.38. The van der Waals surface area contributed by atoms with E-state index in [9.17, 15) is 18.0 Å². The molecule has 0 heterocycles. The summed E-state index contributed by atoms with van der Waals surface area (Å²) < 4.78 is 44.5. The van der Waals surface area contributed by atoms with Crippen molar-refractivity contribution in [1.29, 1.82) is 0 Å². The quantitative estimate of drug-likeness (QED) is 0.546. The lowest BCUT2D eigenvalue weighted by atomic mass is 10.1. The zero-order valence-electron chi connectivity index (χ0n) is 15.5. The molecular weight excluding hydrogens is 349 g/mol. The second kappa shape index (κ2) is 8.77. The van der Waals surface area contributed by atoms with Crippen molar-refractivity contribution < 1.29 is 22.7 Å². The highest BCUT2D eigenvalue weighted by molar-refractivity contribution is 5.86. The number of aliphatic imine (C=N–C) groups is 1. The Kier molecular flexibility index (Phi) is 7.29. The third-order valence-electron chi connectivity index (χ3n) is 3.22. The van der Waals surface area contributed by atoms with Gasteiger partial charge in [0.1, 0.15) is 5.75 Å². The summed E-state index contributed by atoms with van der Waals surface area (Å²) in [5, 5.41) is 8.30. The van der Waals surface area contributed by atoms with Crippen LogP contribution in [0.1, 0.15) is 31.9 Å². The fourth-order valence-corrected chi connectivity index (χ4v) is 2.13. The smallest absolute Gasteiger partial charge is 0.416 e. The molecule has 0 aliphatic carbocycles. The summed E-state index contributed by atoms with van der Waals surface area (Å²) in [7, 11) is 2.78. The van der Waals surface area contributed by atoms with Crippen LogP contribution in [0.3, 0.4) is 0 Å². The molecule has 1 aromatic carbocycles. The highest BCUT2D eigenvalue weighted by atomic mass is 19.4. The number of ether oxygens (including phenoxy) is 1. The van der Waals surface area contributed by atoms with E-state index in [0.29, 0.717) is 0 Å². The Balaban J connectivity index is 2.73. The molecule has 0 saturated carbocycles. The normalized spacial score (nSPS) is 12.5. The van der Waals surface area contributed by atoms with E-state index < -0.39 is 11.7 Å². The van der Waals surface area contributed by atoms with E-state index in [-0.39, 0.29) is 41.8 Å². The Morgan fingerprint density at radius 1 is 1.19 bits per heavy atom. The molecule has 0 bridgehead atoms. The van der Waals surface area contributed by atoms with E-state index in [1.54, 1.807) is 0 Å². The number of benzene rings is 1. The number of hydrogen-bond acceptors (Lipinski definition) is 3. The average molecular weight is 374 g/mol. The van der Waals surface area contributed by atoms with Gasteiger partial charge in [-0.1, -0.05) is 6.07 Å². The molecule has 3 N–H and O–H groups in total. The predicted molar refractivity (Wildman–Crippen MR) is 94.1 cm³/mol. The van der Waals surface area contributed by atoms with Crippen LogP contribution in [0, 0.1) is 0 Å². The maximum Gasteiger partial charge on any atom is 0.416 e. The topological polar surface area (TPSA) is 74.8 Å². The first-order chi connectivity index (χ1) is 12.0. The molecule has 0 saturated heterocycles. The van der Waals surface area contributed by atoms with Crippen LogP contribution in [-0.2, 0) is 17.5 Å². The molecule has 6 nitrogen and oxygen atoms in total. The number of carbonyl (C=O) groups is 1. The summed E-state index contributed by atoms with van der Waals surface area (Å²) in [5.41, 5.74) is -1.12. The van der Waals surface area contributed by atoms with Gasteiger partial charge in [-0.3, -0.25) is 9.79 Å². The number of amides is 1. The van der Waals surface area contributed by atoms with Crippen molar-refractivity contribution >= 4 is 11.9 Å². The number of nitrogens with one attached hydrogen (secondary N) is 3. The standard InChI is InChI=1S/C17H25F3N4O2/c1-16(2,3)24-14(25)10-23-15(21-4)22-9-11-6-7-12(26-5)8-13(11)17(18,19)20/h6-8H,9-10H2,1-5H3,(H,24,25)(H2,21,22,23). The van der Waals surface area contributed by atoms with Gasteiger partial charge in [0.2, 0.25) is 5.91 Å². The molecule has 0 aliphatic heterocycles. The van der Waals surface area contributed by atoms with Gasteiger partial charge in [0.25, 0.3) is 0 Å². The Labute approximate surface area is 151 Å². The van der Waals surface area contributed by atoms with Gasteiger partial charge in [-0.15, -0.1) is 0 Å². The lowest BCUT2D eigenvalue weighted by Crippen LogP contribution is -2.48. The van der Waals surface area contributed by atoms with Gasteiger partial charge >= 0.3 is 6.18 Å². The zero-order valence-corrected chi connectivity index (χ0v) is 15.5. The third kappa shape index (κ3) is 7.20. The van der Waals surface area contributed by atoms with Gasteiger partial charge in [0.15, 0.2) is 5.96 Å². The molecule has 0 spiro atoms. The molecule has 0 aliphatic rings. The van der Waals surface area contributed by atoms with Crippen molar-refractivity contribution in [3.05, 3.63) is 29.3 Å². The van der Waals surface area contributed by atoms with Gasteiger partial charge in [-0.05, 0) is 38.5 Å². The molecule has 0 atom stereocenters. The van der Waals surface area contributed by atoms with Crippen LogP contribution in [0.4, 0.5) is 13.2 Å². The summed E-state index contributed by atoms with van der Waals surface area (Å²) >= 11 is 0. The highest BCUT2D eigenvalue weighted by Gasteiger charge is 2.33. The minimum atomic E-state index is -4.50. The first-order valence-corrected chi connectivity index (χ1v) is 7.96. The SMILES string of the molecule is CN=C(NCC(=O)NC(C)(C)C)NCc1ccc(OC)cc1C(F)(F)F. The van der Waals surface area contributed by atoms with Gasteiger partial charge in [-0.2, -0.15) is 13.2 Å². The van der Waals surface area contributed by atoms with Crippen LogP contribution in [0.5, 0.6) is 5.75 Å². The van der Waals surface area contributed by atoms with Gasteiger partial charge in [0.05, 0.1) is 19.2 Å². The van der Waals surface area contributed by atoms with E-state index in [0.717, 1.165) is 6.07 Å². The number of alkyl halides is 3. The van der Waals surface area contributed by atoms with Crippen LogP contribution < -0.4 is 20.7 Å². The molecule has 0 aromatic heterocycles. The maximum absolute atomic E-state index is 13.2. The van der Waals surface area contributed by atoms with Gasteiger partial charge < -0.3 is 20.7 Å². The highest BCUT2D eigenvalue weighted by Crippen LogP contribution is 2.34. The van der Waals surface area contributed by atoms with Crippen molar-refractivity contribution in [3.8, 4) is 5.75 Å². The van der Waals surface area contributed by atoms with E-state index in [1.165, 1.54) is 26.3 Å².